The third-order valence-electron chi connectivity index (χ3n) is 5.13. The number of fused-ring (bicyclic) bond motifs is 1. The van der Waals surface area contributed by atoms with Gasteiger partial charge in [0.15, 0.2) is 0 Å². The first kappa shape index (κ1) is 26.5. The van der Waals surface area contributed by atoms with Gasteiger partial charge in [-0.05, 0) is 49.8 Å². The lowest BCUT2D eigenvalue weighted by Gasteiger charge is -2.37. The van der Waals surface area contributed by atoms with Crippen LogP contribution in [0.1, 0.15) is 50.8 Å². The second-order valence-corrected chi connectivity index (χ2v) is 9.90. The van der Waals surface area contributed by atoms with E-state index in [0.717, 1.165) is 12.1 Å². The van der Waals surface area contributed by atoms with Crippen LogP contribution in [0.15, 0.2) is 24.3 Å². The van der Waals surface area contributed by atoms with E-state index < -0.39 is 44.5 Å². The number of halogens is 5. The number of alkyl halides is 3. The van der Waals surface area contributed by atoms with Gasteiger partial charge in [-0.15, -0.1) is 0 Å². The molecule has 32 heavy (non-hydrogen) atoms. The van der Waals surface area contributed by atoms with E-state index in [1.54, 1.807) is 0 Å². The number of rotatable bonds is 5. The Kier molecular flexibility index (Phi) is 8.27. The summed E-state index contributed by atoms with van der Waals surface area (Å²) in [5.41, 5.74) is -5.19. The second kappa shape index (κ2) is 10.0. The van der Waals surface area contributed by atoms with E-state index in [2.05, 4.69) is 14.4 Å². The fourth-order valence-corrected chi connectivity index (χ4v) is 4.51. The molecule has 1 aromatic carbocycles. The number of nitrogens with zero attached hydrogens (tertiary/aromatic N) is 2. The molecule has 0 N–H and O–H groups in total. The Morgan fingerprint density at radius 2 is 1.78 bits per heavy atom. The fourth-order valence-electron chi connectivity index (χ4n) is 3.32. The Morgan fingerprint density at radius 1 is 1.19 bits per heavy atom. The minimum Gasteiger partial charge on any atom is -0.262 e. The monoisotopic (exact) mass is 498 g/mol. The van der Waals surface area contributed by atoms with Crippen molar-refractivity contribution in [1.29, 1.82) is 0 Å². The molecule has 3 rings (SSSR count). The predicted octanol–water partition coefficient (Wildman–Crippen LogP) is 5.77. The molecule has 0 bridgehead atoms. The third kappa shape index (κ3) is 5.23. The van der Waals surface area contributed by atoms with Crippen LogP contribution in [-0.2, 0) is 19.0 Å². The number of thioether (sulfide) groups is 1. The summed E-state index contributed by atoms with van der Waals surface area (Å²) in [6, 6.07) is 4.81. The minimum atomic E-state index is -5.75. The van der Waals surface area contributed by atoms with Crippen LogP contribution in [0.3, 0.4) is 0 Å². The quantitative estimate of drug-likeness (QED) is 0.296. The van der Waals surface area contributed by atoms with Crippen molar-refractivity contribution in [3.05, 3.63) is 47.2 Å². The molecule has 178 valence electrons. The summed E-state index contributed by atoms with van der Waals surface area (Å²) in [6.45, 7) is 5.10. The van der Waals surface area contributed by atoms with Crippen molar-refractivity contribution in [2.45, 2.75) is 49.8 Å². The Morgan fingerprint density at radius 3 is 2.31 bits per heavy atom. The summed E-state index contributed by atoms with van der Waals surface area (Å²) in [5, 5.41) is 7.87. The largest absolute Gasteiger partial charge is 0.523 e. The molecule has 0 spiro atoms. The Labute approximate surface area is 187 Å². The number of benzene rings is 1. The maximum atomic E-state index is 14.2. The van der Waals surface area contributed by atoms with Crippen molar-refractivity contribution >= 4 is 21.9 Å². The van der Waals surface area contributed by atoms with Gasteiger partial charge in [0.2, 0.25) is 0 Å². The molecule has 0 saturated carbocycles. The number of hydrogen-bond acceptors (Lipinski definition) is 6. The van der Waals surface area contributed by atoms with E-state index in [1.165, 1.54) is 23.9 Å². The highest BCUT2D eigenvalue weighted by molar-refractivity contribution is 7.99. The molecule has 1 aliphatic rings. The molecule has 1 heterocycles. The average molecular weight is 499 g/mol. The van der Waals surface area contributed by atoms with Crippen molar-refractivity contribution < 1.29 is 34.6 Å². The van der Waals surface area contributed by atoms with Crippen LogP contribution in [0, 0.1) is 11.6 Å². The maximum Gasteiger partial charge on any atom is 0.523 e. The van der Waals surface area contributed by atoms with Crippen LogP contribution in [0.5, 0.6) is 0 Å². The lowest BCUT2D eigenvalue weighted by Crippen LogP contribution is -2.32. The van der Waals surface area contributed by atoms with Crippen LogP contribution in [-0.4, -0.2) is 37.0 Å². The first-order valence-corrected chi connectivity index (χ1v) is 12.4. The molecule has 0 fully saturated rings. The van der Waals surface area contributed by atoms with Crippen molar-refractivity contribution in [2.24, 2.45) is 0 Å². The summed E-state index contributed by atoms with van der Waals surface area (Å²) in [4.78, 5) is 0. The molecule has 1 aromatic heterocycles. The van der Waals surface area contributed by atoms with Crippen molar-refractivity contribution in [3.8, 4) is 11.3 Å². The van der Waals surface area contributed by atoms with Crippen LogP contribution in [0.25, 0.3) is 11.3 Å². The molecule has 5 nitrogen and oxygen atoms in total. The molecule has 1 aliphatic carbocycles. The first-order valence-electron chi connectivity index (χ1n) is 9.73. The Balaban J connectivity index is 0.00000176. The van der Waals surface area contributed by atoms with E-state index in [4.69, 9.17) is 0 Å². The molecule has 0 radical (unpaired) electrons. The topological polar surface area (TPSA) is 69.2 Å². The SMILES string of the molecule is CC.CSC1(C)CCC(COS(=O)(=O)C(F)(F)F)c2nnc(-c3c(F)cccc3F)cc21. The van der Waals surface area contributed by atoms with E-state index in [-0.39, 0.29) is 17.0 Å². The zero-order valence-corrected chi connectivity index (χ0v) is 19.5. The summed E-state index contributed by atoms with van der Waals surface area (Å²) in [7, 11) is -5.75. The van der Waals surface area contributed by atoms with Crippen LogP contribution in [0.2, 0.25) is 0 Å². The van der Waals surface area contributed by atoms with Gasteiger partial charge >= 0.3 is 15.6 Å². The molecule has 0 amide bonds. The summed E-state index contributed by atoms with van der Waals surface area (Å²) >= 11 is 1.44. The van der Waals surface area contributed by atoms with Gasteiger partial charge in [-0.1, -0.05) is 19.9 Å². The van der Waals surface area contributed by atoms with Crippen molar-refractivity contribution in [3.63, 3.8) is 0 Å². The van der Waals surface area contributed by atoms with Gasteiger partial charge in [0.25, 0.3) is 0 Å². The molecule has 2 unspecified atom stereocenters. The standard InChI is InChI=1S/C18H17F5N2O3S2.C2H6/c1-17(29-2)7-6-10(9-28-30(26,27)18(21,22)23)16-11(17)8-14(24-25-16)15-12(19)4-3-5-13(15)20;1-2/h3-5,8,10H,6-7,9H2,1-2H3;1-2H3. The molecular formula is C20H23F5N2O3S2. The third-order valence-corrected chi connectivity index (χ3v) is 7.46. The Bertz CT molecular complexity index is 1040. The molecule has 2 atom stereocenters. The van der Waals surface area contributed by atoms with E-state index >= 15 is 0 Å². The Hall–Kier alpha value is -1.79. The zero-order chi connectivity index (χ0) is 24.3. The highest BCUT2D eigenvalue weighted by atomic mass is 32.2. The fraction of sp³-hybridized carbons (Fsp3) is 0.500. The van der Waals surface area contributed by atoms with Gasteiger partial charge in [-0.3, -0.25) is 4.18 Å². The van der Waals surface area contributed by atoms with Gasteiger partial charge in [-0.2, -0.15) is 43.5 Å². The summed E-state index contributed by atoms with van der Waals surface area (Å²) in [5.74, 6) is -2.44. The average Bonchev–Trinajstić information content (AvgIpc) is 2.74. The van der Waals surface area contributed by atoms with Crippen LogP contribution < -0.4 is 0 Å². The van der Waals surface area contributed by atoms with Gasteiger partial charge in [0, 0.05) is 10.7 Å². The second-order valence-electron chi connectivity index (χ2n) is 6.98. The molecule has 0 saturated heterocycles. The first-order chi connectivity index (χ1) is 14.9. The lowest BCUT2D eigenvalue weighted by molar-refractivity contribution is -0.0546. The summed E-state index contributed by atoms with van der Waals surface area (Å²) < 4.78 is 92.2. The number of aromatic nitrogens is 2. The molecule has 12 heteroatoms. The zero-order valence-electron chi connectivity index (χ0n) is 17.8. The molecule has 0 aliphatic heterocycles. The van der Waals surface area contributed by atoms with E-state index in [9.17, 15) is 30.4 Å². The predicted molar refractivity (Wildman–Crippen MR) is 113 cm³/mol. The molecule has 2 aromatic rings. The minimum absolute atomic E-state index is 0.0610. The number of hydrogen-bond donors (Lipinski definition) is 0. The van der Waals surface area contributed by atoms with Gasteiger partial charge in [0.05, 0.1) is 23.6 Å². The van der Waals surface area contributed by atoms with Crippen molar-refractivity contribution in [1.82, 2.24) is 10.2 Å². The van der Waals surface area contributed by atoms with Gasteiger partial charge < -0.3 is 0 Å². The van der Waals surface area contributed by atoms with E-state index in [1.807, 2.05) is 27.0 Å². The summed E-state index contributed by atoms with van der Waals surface area (Å²) in [6.07, 6.45) is 2.59. The smallest absolute Gasteiger partial charge is 0.262 e. The van der Waals surface area contributed by atoms with E-state index in [0.29, 0.717) is 18.4 Å². The van der Waals surface area contributed by atoms with Crippen molar-refractivity contribution in [2.75, 3.05) is 12.9 Å². The molecular weight excluding hydrogens is 475 g/mol. The highest BCUT2D eigenvalue weighted by Crippen LogP contribution is 2.48. The normalized spacial score (nSPS) is 20.8. The van der Waals surface area contributed by atoms with Crippen LogP contribution >= 0.6 is 11.8 Å². The highest BCUT2D eigenvalue weighted by Gasteiger charge is 2.48. The van der Waals surface area contributed by atoms with Crippen LogP contribution in [0.4, 0.5) is 22.0 Å². The van der Waals surface area contributed by atoms with Gasteiger partial charge in [0.1, 0.15) is 11.6 Å². The lowest BCUT2D eigenvalue weighted by atomic mass is 9.80. The maximum absolute atomic E-state index is 14.2. The van der Waals surface area contributed by atoms with Gasteiger partial charge in [-0.25, -0.2) is 8.78 Å².